The predicted octanol–water partition coefficient (Wildman–Crippen LogP) is 1.91. The molecule has 146 valence electrons. The highest BCUT2D eigenvalue weighted by atomic mass is 16.2. The number of hydrogen-bond acceptors (Lipinski definition) is 4. The standard InChI is InChI=1S/C19H27N5O3/c1-12(16(25)21-18(27)22-19(3,4)5)20-15-13(2)23(6)24(17(15)26)14-10-8-7-9-11-14/h7-12,20H,1-6H3,(H2,21,22,25,27). The van der Waals surface area contributed by atoms with Gasteiger partial charge >= 0.3 is 6.03 Å². The number of carbonyl (C=O) groups excluding carboxylic acids is 2. The first-order chi connectivity index (χ1) is 12.5. The van der Waals surface area contributed by atoms with Crippen LogP contribution in [0.2, 0.25) is 0 Å². The van der Waals surface area contributed by atoms with Crippen LogP contribution in [0.15, 0.2) is 35.1 Å². The molecule has 3 amide bonds. The van der Waals surface area contributed by atoms with Crippen LogP contribution in [0.3, 0.4) is 0 Å². The summed E-state index contributed by atoms with van der Waals surface area (Å²) < 4.78 is 3.24. The van der Waals surface area contributed by atoms with Crippen molar-refractivity contribution in [1.29, 1.82) is 0 Å². The Balaban J connectivity index is 2.19. The summed E-state index contributed by atoms with van der Waals surface area (Å²) in [6.45, 7) is 8.84. The summed E-state index contributed by atoms with van der Waals surface area (Å²) in [7, 11) is 1.77. The van der Waals surface area contributed by atoms with E-state index in [1.807, 2.05) is 51.1 Å². The van der Waals surface area contributed by atoms with E-state index in [2.05, 4.69) is 16.0 Å². The Bertz CT molecular complexity index is 891. The molecule has 1 atom stereocenters. The molecule has 0 saturated heterocycles. The maximum absolute atomic E-state index is 12.8. The highest BCUT2D eigenvalue weighted by Gasteiger charge is 2.23. The van der Waals surface area contributed by atoms with E-state index >= 15 is 0 Å². The predicted molar refractivity (Wildman–Crippen MR) is 105 cm³/mol. The molecule has 27 heavy (non-hydrogen) atoms. The van der Waals surface area contributed by atoms with Crippen LogP contribution >= 0.6 is 0 Å². The van der Waals surface area contributed by atoms with Crippen LogP contribution in [-0.2, 0) is 11.8 Å². The molecule has 0 aliphatic heterocycles. The van der Waals surface area contributed by atoms with Gasteiger partial charge in [0, 0.05) is 12.6 Å². The highest BCUT2D eigenvalue weighted by Crippen LogP contribution is 2.14. The third-order valence-corrected chi connectivity index (χ3v) is 4.03. The van der Waals surface area contributed by atoms with Gasteiger partial charge in [-0.05, 0) is 46.8 Å². The molecule has 0 bridgehead atoms. The maximum Gasteiger partial charge on any atom is 0.321 e. The number of amides is 3. The normalized spacial score (nSPS) is 12.4. The van der Waals surface area contributed by atoms with Crippen LogP contribution in [0.5, 0.6) is 0 Å². The van der Waals surface area contributed by atoms with E-state index < -0.39 is 23.5 Å². The summed E-state index contributed by atoms with van der Waals surface area (Å²) >= 11 is 0. The monoisotopic (exact) mass is 373 g/mol. The van der Waals surface area contributed by atoms with Gasteiger partial charge in [-0.2, -0.15) is 0 Å². The average Bonchev–Trinajstić information content (AvgIpc) is 2.77. The number of benzene rings is 1. The average molecular weight is 373 g/mol. The zero-order valence-corrected chi connectivity index (χ0v) is 16.6. The lowest BCUT2D eigenvalue weighted by atomic mass is 10.1. The quantitative estimate of drug-likeness (QED) is 0.763. The fraction of sp³-hybridized carbons (Fsp3) is 0.421. The van der Waals surface area contributed by atoms with Gasteiger partial charge < -0.3 is 10.6 Å². The topological polar surface area (TPSA) is 97.2 Å². The molecule has 0 aliphatic rings. The molecule has 8 nitrogen and oxygen atoms in total. The Hall–Kier alpha value is -3.03. The third kappa shape index (κ3) is 4.78. The third-order valence-electron chi connectivity index (χ3n) is 4.03. The van der Waals surface area contributed by atoms with Crippen molar-refractivity contribution in [2.75, 3.05) is 5.32 Å². The van der Waals surface area contributed by atoms with Crippen molar-refractivity contribution in [2.45, 2.75) is 46.2 Å². The SMILES string of the molecule is Cc1c(NC(C)C(=O)NC(=O)NC(C)(C)C)c(=O)n(-c2ccccc2)n1C. The Labute approximate surface area is 158 Å². The summed E-state index contributed by atoms with van der Waals surface area (Å²) in [5.41, 5.74) is 1.01. The van der Waals surface area contributed by atoms with E-state index in [1.165, 1.54) is 4.68 Å². The van der Waals surface area contributed by atoms with E-state index in [-0.39, 0.29) is 5.56 Å². The van der Waals surface area contributed by atoms with E-state index in [0.29, 0.717) is 11.4 Å². The van der Waals surface area contributed by atoms with E-state index in [4.69, 9.17) is 0 Å². The number of carbonyl (C=O) groups is 2. The molecule has 0 spiro atoms. The lowest BCUT2D eigenvalue weighted by Crippen LogP contribution is -2.51. The Morgan fingerprint density at radius 3 is 2.26 bits per heavy atom. The van der Waals surface area contributed by atoms with Crippen LogP contribution in [0.25, 0.3) is 5.69 Å². The van der Waals surface area contributed by atoms with Gasteiger partial charge in [-0.3, -0.25) is 19.6 Å². The van der Waals surface area contributed by atoms with Crippen LogP contribution in [0.1, 0.15) is 33.4 Å². The zero-order chi connectivity index (χ0) is 20.4. The van der Waals surface area contributed by atoms with Gasteiger partial charge in [-0.1, -0.05) is 18.2 Å². The molecule has 2 aromatic rings. The minimum atomic E-state index is -0.770. The van der Waals surface area contributed by atoms with Gasteiger partial charge in [0.05, 0.1) is 11.4 Å². The lowest BCUT2D eigenvalue weighted by molar-refractivity contribution is -0.120. The molecule has 1 heterocycles. The van der Waals surface area contributed by atoms with Crippen LogP contribution < -0.4 is 21.5 Å². The van der Waals surface area contributed by atoms with Crippen molar-refractivity contribution in [3.63, 3.8) is 0 Å². The van der Waals surface area contributed by atoms with Crippen molar-refractivity contribution < 1.29 is 9.59 Å². The molecule has 2 rings (SSSR count). The lowest BCUT2D eigenvalue weighted by Gasteiger charge is -2.21. The van der Waals surface area contributed by atoms with Crippen molar-refractivity contribution >= 4 is 17.6 Å². The molecule has 0 radical (unpaired) electrons. The largest absolute Gasteiger partial charge is 0.368 e. The molecule has 1 aromatic heterocycles. The first-order valence-electron chi connectivity index (χ1n) is 8.75. The molecule has 1 aromatic carbocycles. The first-order valence-corrected chi connectivity index (χ1v) is 8.75. The number of imide groups is 1. The number of aromatic nitrogens is 2. The van der Waals surface area contributed by atoms with E-state index in [0.717, 1.165) is 5.69 Å². The Morgan fingerprint density at radius 2 is 1.70 bits per heavy atom. The number of rotatable bonds is 4. The fourth-order valence-electron chi connectivity index (χ4n) is 2.61. The molecule has 1 unspecified atom stereocenters. The summed E-state index contributed by atoms with van der Waals surface area (Å²) in [6, 6.07) is 7.89. The molecule has 0 aliphatic carbocycles. The van der Waals surface area contributed by atoms with Gasteiger partial charge in [-0.25, -0.2) is 9.48 Å². The van der Waals surface area contributed by atoms with Crippen molar-refractivity contribution in [3.05, 3.63) is 46.4 Å². The molecular weight excluding hydrogens is 346 g/mol. The van der Waals surface area contributed by atoms with Crippen LogP contribution in [-0.4, -0.2) is 32.9 Å². The zero-order valence-electron chi connectivity index (χ0n) is 16.6. The fourth-order valence-corrected chi connectivity index (χ4v) is 2.61. The number of hydrogen-bond donors (Lipinski definition) is 3. The van der Waals surface area contributed by atoms with Crippen LogP contribution in [0, 0.1) is 6.92 Å². The van der Waals surface area contributed by atoms with Gasteiger partial charge in [0.15, 0.2) is 0 Å². The Kier molecular flexibility index (Phi) is 5.78. The maximum atomic E-state index is 12.8. The molecule has 3 N–H and O–H groups in total. The molecular formula is C19H27N5O3. The molecule has 0 fully saturated rings. The number of urea groups is 1. The number of para-hydroxylation sites is 1. The van der Waals surface area contributed by atoms with Gasteiger partial charge in [0.2, 0.25) is 5.91 Å². The van der Waals surface area contributed by atoms with Crippen molar-refractivity contribution in [2.24, 2.45) is 7.05 Å². The van der Waals surface area contributed by atoms with Crippen LogP contribution in [0.4, 0.5) is 10.5 Å². The van der Waals surface area contributed by atoms with Gasteiger partial charge in [-0.15, -0.1) is 0 Å². The summed E-state index contributed by atoms with van der Waals surface area (Å²) in [5, 5.41) is 7.87. The molecule has 0 saturated carbocycles. The van der Waals surface area contributed by atoms with Crippen molar-refractivity contribution in [3.8, 4) is 5.69 Å². The van der Waals surface area contributed by atoms with Gasteiger partial charge in [0.25, 0.3) is 5.56 Å². The molecule has 8 heteroatoms. The van der Waals surface area contributed by atoms with E-state index in [1.54, 1.807) is 25.6 Å². The smallest absolute Gasteiger partial charge is 0.321 e. The minimum Gasteiger partial charge on any atom is -0.368 e. The number of nitrogens with zero attached hydrogens (tertiary/aromatic N) is 2. The number of anilines is 1. The second-order valence-electron chi connectivity index (χ2n) is 7.50. The number of nitrogens with one attached hydrogen (secondary N) is 3. The summed E-state index contributed by atoms with van der Waals surface area (Å²) in [4.78, 5) is 37.0. The minimum absolute atomic E-state index is 0.264. The van der Waals surface area contributed by atoms with Gasteiger partial charge in [0.1, 0.15) is 11.7 Å². The second-order valence-corrected chi connectivity index (χ2v) is 7.50. The summed E-state index contributed by atoms with van der Waals surface area (Å²) in [6.07, 6.45) is 0. The Morgan fingerprint density at radius 1 is 1.11 bits per heavy atom. The van der Waals surface area contributed by atoms with Crippen molar-refractivity contribution in [1.82, 2.24) is 20.0 Å². The second kappa shape index (κ2) is 7.69. The van der Waals surface area contributed by atoms with E-state index in [9.17, 15) is 14.4 Å². The summed E-state index contributed by atoms with van der Waals surface area (Å²) in [5.74, 6) is -0.523. The highest BCUT2D eigenvalue weighted by molar-refractivity contribution is 5.98. The first kappa shape index (κ1) is 20.3.